The first-order chi connectivity index (χ1) is 16.1. The first kappa shape index (κ1) is 25.5. The van der Waals surface area contributed by atoms with Gasteiger partial charge in [0, 0.05) is 44.3 Å². The Balaban J connectivity index is 2.18. The van der Waals surface area contributed by atoms with Crippen molar-refractivity contribution in [2.45, 2.75) is 13.8 Å². The lowest BCUT2D eigenvalue weighted by Crippen LogP contribution is -2.38. The molecule has 0 radical (unpaired) electrons. The van der Waals surface area contributed by atoms with Crippen molar-refractivity contribution in [3.8, 4) is 0 Å². The maximum atomic E-state index is 13.3. The van der Waals surface area contributed by atoms with Gasteiger partial charge in [-0.05, 0) is 38.1 Å². The van der Waals surface area contributed by atoms with Crippen LogP contribution in [0, 0.1) is 0 Å². The fourth-order valence-corrected chi connectivity index (χ4v) is 4.71. The van der Waals surface area contributed by atoms with E-state index in [1.165, 1.54) is 26.4 Å². The number of halogens is 1. The normalized spacial score (nSPS) is 12.2. The molecular weight excluding hydrogens is 476 g/mol. The topological polar surface area (TPSA) is 91.7 Å². The molecule has 2 aromatic carbocycles. The molecule has 34 heavy (non-hydrogen) atoms. The van der Waals surface area contributed by atoms with Crippen LogP contribution in [0.3, 0.4) is 0 Å². The summed E-state index contributed by atoms with van der Waals surface area (Å²) in [6, 6.07) is 13.5. The Morgan fingerprint density at radius 3 is 2.26 bits per heavy atom. The van der Waals surface area contributed by atoms with E-state index in [0.717, 1.165) is 8.28 Å². The number of aromatic nitrogens is 1. The van der Waals surface area contributed by atoms with Gasteiger partial charge in [0.25, 0.3) is 11.8 Å². The second-order valence-electron chi connectivity index (χ2n) is 7.66. The highest BCUT2D eigenvalue weighted by Gasteiger charge is 2.23. The molecule has 0 aliphatic carbocycles. The monoisotopic (exact) mass is 502 g/mol. The van der Waals surface area contributed by atoms with Crippen LogP contribution in [-0.4, -0.2) is 60.6 Å². The number of rotatable bonds is 8. The van der Waals surface area contributed by atoms with E-state index in [-0.39, 0.29) is 16.3 Å². The van der Waals surface area contributed by atoms with Crippen molar-refractivity contribution in [1.82, 2.24) is 18.5 Å². The number of nitrogens with zero attached hydrogens (tertiary/aromatic N) is 3. The molecule has 0 fully saturated rings. The molecule has 0 saturated carbocycles. The SMILES string of the molecule is CCN(CC)C(=O)C(=Cc1cn(S(=O)(=O)N(C)C)c2ccccc12)NC(=O)c1ccccc1Cl. The highest BCUT2D eigenvalue weighted by molar-refractivity contribution is 7.87. The lowest BCUT2D eigenvalue weighted by molar-refractivity contribution is -0.127. The summed E-state index contributed by atoms with van der Waals surface area (Å²) in [7, 11) is -0.929. The summed E-state index contributed by atoms with van der Waals surface area (Å²) in [5, 5.41) is 3.55. The minimum atomic E-state index is -3.82. The highest BCUT2D eigenvalue weighted by Crippen LogP contribution is 2.26. The van der Waals surface area contributed by atoms with Crippen LogP contribution in [0.1, 0.15) is 29.8 Å². The number of nitrogens with one attached hydrogen (secondary N) is 1. The van der Waals surface area contributed by atoms with Crippen LogP contribution in [0.5, 0.6) is 0 Å². The smallest absolute Gasteiger partial charge is 0.307 e. The summed E-state index contributed by atoms with van der Waals surface area (Å²) in [6.07, 6.45) is 2.94. The zero-order valence-electron chi connectivity index (χ0n) is 19.4. The number of carbonyl (C=O) groups is 2. The van der Waals surface area contributed by atoms with E-state index in [1.54, 1.807) is 53.4 Å². The Kier molecular flexibility index (Phi) is 7.81. The zero-order chi connectivity index (χ0) is 25.0. The third-order valence-corrected chi connectivity index (χ3v) is 7.42. The molecule has 0 unspecified atom stereocenters. The fourth-order valence-electron chi connectivity index (χ4n) is 3.48. The van der Waals surface area contributed by atoms with Crippen molar-refractivity contribution in [1.29, 1.82) is 0 Å². The molecule has 0 aliphatic rings. The number of carbonyl (C=O) groups excluding carboxylic acids is 2. The van der Waals surface area contributed by atoms with Crippen LogP contribution in [0.25, 0.3) is 17.0 Å². The molecular formula is C24H27ClN4O4S. The fraction of sp³-hybridized carbons (Fsp3) is 0.250. The van der Waals surface area contributed by atoms with Crippen LogP contribution in [-0.2, 0) is 15.0 Å². The van der Waals surface area contributed by atoms with Crippen LogP contribution in [0.15, 0.2) is 60.4 Å². The van der Waals surface area contributed by atoms with Crippen molar-refractivity contribution in [2.24, 2.45) is 0 Å². The molecule has 3 aromatic rings. The predicted molar refractivity (Wildman–Crippen MR) is 135 cm³/mol. The zero-order valence-corrected chi connectivity index (χ0v) is 21.0. The molecule has 1 N–H and O–H groups in total. The van der Waals surface area contributed by atoms with Gasteiger partial charge in [0.05, 0.1) is 16.1 Å². The van der Waals surface area contributed by atoms with Crippen molar-refractivity contribution < 1.29 is 18.0 Å². The Morgan fingerprint density at radius 1 is 1.03 bits per heavy atom. The number of likely N-dealkylation sites (N-methyl/N-ethyl adjacent to an activating group) is 1. The molecule has 2 amide bonds. The molecule has 3 rings (SSSR count). The van der Waals surface area contributed by atoms with Crippen molar-refractivity contribution >= 4 is 50.6 Å². The summed E-state index contributed by atoms with van der Waals surface area (Å²) < 4.78 is 28.0. The molecule has 8 nitrogen and oxygen atoms in total. The Labute approximate surface area is 204 Å². The second-order valence-corrected chi connectivity index (χ2v) is 10.1. The van der Waals surface area contributed by atoms with Gasteiger partial charge in [-0.15, -0.1) is 0 Å². The highest BCUT2D eigenvalue weighted by atomic mass is 35.5. The maximum Gasteiger partial charge on any atom is 0.307 e. The van der Waals surface area contributed by atoms with Gasteiger partial charge in [0.15, 0.2) is 0 Å². The molecule has 180 valence electrons. The second kappa shape index (κ2) is 10.4. The minimum Gasteiger partial charge on any atom is -0.338 e. The molecule has 1 aromatic heterocycles. The van der Waals surface area contributed by atoms with Gasteiger partial charge in [0.2, 0.25) is 0 Å². The average molecular weight is 503 g/mol. The van der Waals surface area contributed by atoms with Crippen LogP contribution < -0.4 is 5.32 Å². The molecule has 1 heterocycles. The Bertz CT molecular complexity index is 1360. The van der Waals surface area contributed by atoms with E-state index >= 15 is 0 Å². The molecule has 0 bridgehead atoms. The van der Waals surface area contributed by atoms with Crippen molar-refractivity contribution in [2.75, 3.05) is 27.2 Å². The number of fused-ring (bicyclic) bond motifs is 1. The molecule has 0 atom stereocenters. The summed E-state index contributed by atoms with van der Waals surface area (Å²) >= 11 is 6.17. The van der Waals surface area contributed by atoms with Crippen LogP contribution >= 0.6 is 11.6 Å². The molecule has 0 saturated heterocycles. The average Bonchev–Trinajstić information content (AvgIpc) is 3.18. The van der Waals surface area contributed by atoms with Crippen LogP contribution in [0.4, 0.5) is 0 Å². The van der Waals surface area contributed by atoms with Gasteiger partial charge >= 0.3 is 10.2 Å². The van der Waals surface area contributed by atoms with E-state index in [1.807, 2.05) is 13.8 Å². The Hall–Kier alpha value is -3.14. The quantitative estimate of drug-likeness (QED) is 0.476. The molecule has 0 spiro atoms. The van der Waals surface area contributed by atoms with Gasteiger partial charge in [0.1, 0.15) is 5.70 Å². The third-order valence-electron chi connectivity index (χ3n) is 5.37. The number of hydrogen-bond acceptors (Lipinski definition) is 4. The predicted octanol–water partition coefficient (Wildman–Crippen LogP) is 3.59. The van der Waals surface area contributed by atoms with Gasteiger partial charge in [-0.3, -0.25) is 9.59 Å². The first-order valence-corrected chi connectivity index (χ1v) is 12.5. The Morgan fingerprint density at radius 2 is 1.65 bits per heavy atom. The molecule has 0 aliphatic heterocycles. The third kappa shape index (κ3) is 5.01. The number of hydrogen-bond donors (Lipinski definition) is 1. The minimum absolute atomic E-state index is 0.0128. The van der Waals surface area contributed by atoms with E-state index in [4.69, 9.17) is 11.6 Å². The van der Waals surface area contributed by atoms with Crippen LogP contribution in [0.2, 0.25) is 5.02 Å². The van der Waals surface area contributed by atoms with Gasteiger partial charge < -0.3 is 10.2 Å². The lowest BCUT2D eigenvalue weighted by atomic mass is 10.1. The molecule has 10 heteroatoms. The lowest BCUT2D eigenvalue weighted by Gasteiger charge is -2.21. The van der Waals surface area contributed by atoms with Crippen molar-refractivity contribution in [3.63, 3.8) is 0 Å². The first-order valence-electron chi connectivity index (χ1n) is 10.7. The van der Waals surface area contributed by atoms with Gasteiger partial charge in [-0.25, -0.2) is 3.97 Å². The number of benzene rings is 2. The summed E-state index contributed by atoms with van der Waals surface area (Å²) in [6.45, 7) is 4.55. The maximum absolute atomic E-state index is 13.3. The van der Waals surface area contributed by atoms with Crippen molar-refractivity contribution in [3.05, 3.63) is 76.6 Å². The van der Waals surface area contributed by atoms with E-state index in [0.29, 0.717) is 29.6 Å². The summed E-state index contributed by atoms with van der Waals surface area (Å²) in [5.41, 5.74) is 1.16. The standard InChI is InChI=1S/C24H27ClN4O4S/c1-5-28(6-2)24(31)21(26-23(30)19-12-7-9-13-20(19)25)15-17-16-29(34(32,33)27(3)4)22-14-10-8-11-18(17)22/h7-16H,5-6H2,1-4H3,(H,26,30). The number of para-hydroxylation sites is 1. The summed E-state index contributed by atoms with van der Waals surface area (Å²) in [5.74, 6) is -0.931. The van der Waals surface area contributed by atoms with E-state index in [9.17, 15) is 18.0 Å². The van der Waals surface area contributed by atoms with Gasteiger partial charge in [-0.2, -0.15) is 12.7 Å². The van der Waals surface area contributed by atoms with E-state index in [2.05, 4.69) is 5.32 Å². The van der Waals surface area contributed by atoms with Gasteiger partial charge in [-0.1, -0.05) is 41.9 Å². The number of amides is 2. The largest absolute Gasteiger partial charge is 0.338 e. The van der Waals surface area contributed by atoms with E-state index < -0.39 is 22.0 Å². The summed E-state index contributed by atoms with van der Waals surface area (Å²) in [4.78, 5) is 27.8.